The second-order valence-corrected chi connectivity index (χ2v) is 4.54. The molecule has 0 aromatic heterocycles. The maximum atomic E-state index is 11.8. The van der Waals surface area contributed by atoms with Crippen molar-refractivity contribution in [1.29, 1.82) is 0 Å². The topological polar surface area (TPSA) is 78.4 Å². The number of amides is 2. The lowest BCUT2D eigenvalue weighted by atomic mass is 10.0. The number of aromatic carboxylic acids is 1. The maximum absolute atomic E-state index is 11.8. The molecule has 20 heavy (non-hydrogen) atoms. The lowest BCUT2D eigenvalue weighted by molar-refractivity contribution is 0.0698. The Morgan fingerprint density at radius 1 is 1.40 bits per heavy atom. The second kappa shape index (κ2) is 6.62. The van der Waals surface area contributed by atoms with E-state index >= 15 is 0 Å². The highest BCUT2D eigenvalue weighted by Gasteiger charge is 2.16. The van der Waals surface area contributed by atoms with Crippen molar-refractivity contribution in [3.8, 4) is 12.3 Å². The molecule has 5 nitrogen and oxygen atoms in total. The number of rotatable bonds is 4. The van der Waals surface area contributed by atoms with Crippen LogP contribution in [0.2, 0.25) is 0 Å². The Morgan fingerprint density at radius 2 is 2.05 bits per heavy atom. The molecule has 0 fully saturated rings. The highest BCUT2D eigenvalue weighted by molar-refractivity contribution is 6.01. The number of terminal acetylenes is 1. The molecular weight excluding hydrogens is 256 g/mol. The van der Waals surface area contributed by atoms with Crippen molar-refractivity contribution in [3.05, 3.63) is 28.8 Å². The Morgan fingerprint density at radius 3 is 2.55 bits per heavy atom. The van der Waals surface area contributed by atoms with Gasteiger partial charge in [-0.3, -0.25) is 0 Å². The lowest BCUT2D eigenvalue weighted by Gasteiger charge is -2.15. The molecule has 5 heteroatoms. The fourth-order valence-corrected chi connectivity index (χ4v) is 1.87. The van der Waals surface area contributed by atoms with Crippen LogP contribution in [-0.4, -0.2) is 23.1 Å². The first-order valence-corrected chi connectivity index (χ1v) is 6.27. The quantitative estimate of drug-likeness (QED) is 0.738. The van der Waals surface area contributed by atoms with Crippen molar-refractivity contribution in [1.82, 2.24) is 5.32 Å². The molecular formula is C15H18N2O3. The summed E-state index contributed by atoms with van der Waals surface area (Å²) in [4.78, 5) is 23.1. The molecule has 1 aromatic carbocycles. The highest BCUT2D eigenvalue weighted by Crippen LogP contribution is 2.22. The van der Waals surface area contributed by atoms with Crippen molar-refractivity contribution in [3.63, 3.8) is 0 Å². The Bertz CT molecular complexity index is 573. The number of benzene rings is 1. The van der Waals surface area contributed by atoms with Crippen molar-refractivity contribution < 1.29 is 14.7 Å². The van der Waals surface area contributed by atoms with Gasteiger partial charge in [-0.2, -0.15) is 0 Å². The number of aryl methyl sites for hydroxylation is 2. The standard InChI is InChI=1S/C15H18N2O3/c1-5-11(6-2)16-15(20)17-13-10(4)7-9(3)8-12(13)14(18)19/h1,7-8,11H,6H2,2-4H3,(H,18,19)(H2,16,17,20). The summed E-state index contributed by atoms with van der Waals surface area (Å²) in [7, 11) is 0. The Labute approximate surface area is 118 Å². The van der Waals surface area contributed by atoms with E-state index in [1.807, 2.05) is 6.92 Å². The molecule has 0 aliphatic rings. The van der Waals surface area contributed by atoms with Crippen molar-refractivity contribution in [2.24, 2.45) is 0 Å². The van der Waals surface area contributed by atoms with E-state index in [1.165, 1.54) is 6.07 Å². The van der Waals surface area contributed by atoms with E-state index in [4.69, 9.17) is 6.42 Å². The first kappa shape index (κ1) is 15.6. The van der Waals surface area contributed by atoms with Gasteiger partial charge in [-0.25, -0.2) is 9.59 Å². The molecule has 0 aliphatic heterocycles. The van der Waals surface area contributed by atoms with Gasteiger partial charge in [0, 0.05) is 0 Å². The van der Waals surface area contributed by atoms with E-state index in [0.29, 0.717) is 12.0 Å². The van der Waals surface area contributed by atoms with Crippen LogP contribution in [0.1, 0.15) is 34.8 Å². The van der Waals surface area contributed by atoms with Crippen LogP contribution < -0.4 is 10.6 Å². The number of carboxylic acid groups (broad SMARTS) is 1. The number of carbonyl (C=O) groups is 2. The summed E-state index contributed by atoms with van der Waals surface area (Å²) in [5.41, 5.74) is 1.85. The van der Waals surface area contributed by atoms with Crippen molar-refractivity contribution in [2.75, 3.05) is 5.32 Å². The number of hydrogen-bond donors (Lipinski definition) is 3. The Kier molecular flexibility index (Phi) is 5.15. The summed E-state index contributed by atoms with van der Waals surface area (Å²) in [6.45, 7) is 5.40. The van der Waals surface area contributed by atoms with Gasteiger partial charge in [-0.05, 0) is 37.5 Å². The van der Waals surface area contributed by atoms with Crippen LogP contribution in [0.5, 0.6) is 0 Å². The number of carboxylic acids is 1. The van der Waals surface area contributed by atoms with Crippen LogP contribution in [0.3, 0.4) is 0 Å². The Hall–Kier alpha value is -2.48. The van der Waals surface area contributed by atoms with Crippen LogP contribution in [-0.2, 0) is 0 Å². The molecule has 1 aromatic rings. The van der Waals surface area contributed by atoms with Gasteiger partial charge in [0.05, 0.1) is 17.3 Å². The van der Waals surface area contributed by atoms with Gasteiger partial charge in [-0.15, -0.1) is 6.42 Å². The molecule has 1 unspecified atom stereocenters. The predicted molar refractivity (Wildman–Crippen MR) is 77.9 cm³/mol. The van der Waals surface area contributed by atoms with Gasteiger partial charge in [0.2, 0.25) is 0 Å². The normalized spacial score (nSPS) is 11.3. The summed E-state index contributed by atoms with van der Waals surface area (Å²) in [5, 5.41) is 14.4. The SMILES string of the molecule is C#CC(CC)NC(=O)Nc1c(C)cc(C)cc1C(=O)O. The molecule has 0 heterocycles. The third-order valence-corrected chi connectivity index (χ3v) is 2.86. The van der Waals surface area contributed by atoms with E-state index in [0.717, 1.165) is 5.56 Å². The molecule has 0 radical (unpaired) electrons. The van der Waals surface area contributed by atoms with E-state index in [2.05, 4.69) is 16.6 Å². The smallest absolute Gasteiger partial charge is 0.337 e. The number of carbonyl (C=O) groups excluding carboxylic acids is 1. The van der Waals surface area contributed by atoms with Crippen LogP contribution >= 0.6 is 0 Å². The number of nitrogens with one attached hydrogen (secondary N) is 2. The van der Waals surface area contributed by atoms with Gasteiger partial charge in [0.1, 0.15) is 0 Å². The van der Waals surface area contributed by atoms with Gasteiger partial charge < -0.3 is 15.7 Å². The zero-order chi connectivity index (χ0) is 15.3. The van der Waals surface area contributed by atoms with E-state index in [1.54, 1.807) is 19.9 Å². The molecule has 0 saturated carbocycles. The molecule has 106 valence electrons. The summed E-state index contributed by atoms with van der Waals surface area (Å²) < 4.78 is 0. The molecule has 0 aliphatic carbocycles. The minimum atomic E-state index is -1.09. The van der Waals surface area contributed by atoms with Gasteiger partial charge in [0.25, 0.3) is 0 Å². The molecule has 0 saturated heterocycles. The number of hydrogen-bond acceptors (Lipinski definition) is 2. The largest absolute Gasteiger partial charge is 0.478 e. The van der Waals surface area contributed by atoms with Crippen LogP contribution in [0.15, 0.2) is 12.1 Å². The van der Waals surface area contributed by atoms with Crippen molar-refractivity contribution in [2.45, 2.75) is 33.2 Å². The minimum absolute atomic E-state index is 0.0615. The second-order valence-electron chi connectivity index (χ2n) is 4.54. The van der Waals surface area contributed by atoms with Gasteiger partial charge in [-0.1, -0.05) is 18.9 Å². The maximum Gasteiger partial charge on any atom is 0.337 e. The lowest BCUT2D eigenvalue weighted by Crippen LogP contribution is -2.37. The molecule has 0 bridgehead atoms. The first-order chi connectivity index (χ1) is 9.38. The number of anilines is 1. The molecule has 3 N–H and O–H groups in total. The zero-order valence-electron chi connectivity index (χ0n) is 11.8. The molecule has 1 rings (SSSR count). The third kappa shape index (κ3) is 3.75. The van der Waals surface area contributed by atoms with Gasteiger partial charge in [0.15, 0.2) is 0 Å². The van der Waals surface area contributed by atoms with Crippen LogP contribution in [0, 0.1) is 26.2 Å². The summed E-state index contributed by atoms with van der Waals surface area (Å²) in [6, 6.07) is 2.43. The Balaban J connectivity index is 3.01. The van der Waals surface area contributed by atoms with Crippen LogP contribution in [0.4, 0.5) is 10.5 Å². The minimum Gasteiger partial charge on any atom is -0.478 e. The zero-order valence-corrected chi connectivity index (χ0v) is 11.8. The monoisotopic (exact) mass is 274 g/mol. The first-order valence-electron chi connectivity index (χ1n) is 6.27. The average molecular weight is 274 g/mol. The predicted octanol–water partition coefficient (Wildman–Crippen LogP) is 2.53. The summed E-state index contributed by atoms with van der Waals surface area (Å²) in [5.74, 6) is 1.35. The van der Waals surface area contributed by atoms with E-state index in [9.17, 15) is 14.7 Å². The third-order valence-electron chi connectivity index (χ3n) is 2.86. The van der Waals surface area contributed by atoms with E-state index < -0.39 is 12.0 Å². The summed E-state index contributed by atoms with van der Waals surface area (Å²) >= 11 is 0. The van der Waals surface area contributed by atoms with Crippen molar-refractivity contribution >= 4 is 17.7 Å². The highest BCUT2D eigenvalue weighted by atomic mass is 16.4. The van der Waals surface area contributed by atoms with E-state index in [-0.39, 0.29) is 17.3 Å². The number of urea groups is 1. The summed E-state index contributed by atoms with van der Waals surface area (Å²) in [6.07, 6.45) is 5.87. The fourth-order valence-electron chi connectivity index (χ4n) is 1.87. The van der Waals surface area contributed by atoms with Gasteiger partial charge >= 0.3 is 12.0 Å². The molecule has 2 amide bonds. The fraction of sp³-hybridized carbons (Fsp3) is 0.333. The average Bonchev–Trinajstić information content (AvgIpc) is 2.38. The van der Waals surface area contributed by atoms with Crippen LogP contribution in [0.25, 0.3) is 0 Å². The molecule has 0 spiro atoms. The molecule has 1 atom stereocenters.